The average molecular weight is 438 g/mol. The summed E-state index contributed by atoms with van der Waals surface area (Å²) in [4.78, 5) is 57.0. The van der Waals surface area contributed by atoms with Crippen LogP contribution in [0.1, 0.15) is 33.6 Å². The molecule has 0 aromatic carbocycles. The molecule has 0 saturated heterocycles. The predicted octanol–water partition coefficient (Wildman–Crippen LogP) is -14.0. The topological polar surface area (TPSA) is 253 Å². The first kappa shape index (κ1) is 46.1. The van der Waals surface area contributed by atoms with Crippen molar-refractivity contribution in [1.29, 1.82) is 0 Å². The number of carbonyl (C=O) groups is 6. The number of aliphatic carboxylic acids is 6. The van der Waals surface area contributed by atoms with E-state index in [1.165, 1.54) is 0 Å². The Morgan fingerprint density at radius 1 is 0.643 bits per heavy atom. The molecule has 0 fully saturated rings. The van der Waals surface area contributed by atoms with E-state index in [0.717, 1.165) is 20.8 Å². The van der Waals surface area contributed by atoms with Gasteiger partial charge in [-0.1, -0.05) is 0 Å². The third kappa shape index (κ3) is 63.6. The quantitative estimate of drug-likeness (QED) is 0.291. The SMILES string of the molecule is CC(=O)O.CC(=O)O.CC(=O)O.O=C([O-])CC(O)(CC(=O)[O-])C(=O)[O-].[Na+].[Na+].[Na+]. The van der Waals surface area contributed by atoms with E-state index in [2.05, 4.69) is 0 Å². The zero-order chi connectivity index (χ0) is 21.4. The maximum absolute atomic E-state index is 10.1. The van der Waals surface area contributed by atoms with Gasteiger partial charge in [0.05, 0.1) is 5.97 Å². The van der Waals surface area contributed by atoms with Crippen molar-refractivity contribution in [2.75, 3.05) is 0 Å². The summed E-state index contributed by atoms with van der Waals surface area (Å²) < 4.78 is 0. The van der Waals surface area contributed by atoms with E-state index in [0.29, 0.717) is 0 Å². The molecule has 0 aliphatic carbocycles. The molecule has 0 spiro atoms. The Labute approximate surface area is 226 Å². The molecule has 0 atom stereocenters. The van der Waals surface area contributed by atoms with Crippen LogP contribution in [0, 0.1) is 0 Å². The molecule has 0 aliphatic heterocycles. The molecule has 28 heavy (non-hydrogen) atoms. The van der Waals surface area contributed by atoms with Gasteiger partial charge in [-0.25, -0.2) is 0 Å². The molecule has 0 aromatic rings. The van der Waals surface area contributed by atoms with Crippen molar-refractivity contribution < 1.29 is 153 Å². The van der Waals surface area contributed by atoms with Gasteiger partial charge in [-0.3, -0.25) is 14.4 Å². The summed E-state index contributed by atoms with van der Waals surface area (Å²) in [6, 6.07) is 0. The van der Waals surface area contributed by atoms with Crippen LogP contribution in [-0.4, -0.2) is 61.8 Å². The Balaban J connectivity index is -0.0000000493. The van der Waals surface area contributed by atoms with E-state index in [-0.39, 0.29) is 88.7 Å². The van der Waals surface area contributed by atoms with Crippen molar-refractivity contribution in [1.82, 2.24) is 0 Å². The molecule has 4 N–H and O–H groups in total. The molecule has 0 aliphatic rings. The second-order valence-corrected chi connectivity index (χ2v) is 3.97. The Morgan fingerprint density at radius 2 is 0.786 bits per heavy atom. The zero-order valence-corrected chi connectivity index (χ0v) is 22.4. The van der Waals surface area contributed by atoms with Crippen LogP contribution < -0.4 is 104 Å². The molecule has 0 bridgehead atoms. The largest absolute Gasteiger partial charge is 1.00 e. The Bertz CT molecular complexity index is 437. The van der Waals surface area contributed by atoms with Crippen LogP contribution in [-0.2, 0) is 28.8 Å². The van der Waals surface area contributed by atoms with Crippen LogP contribution in [0.4, 0.5) is 0 Å². The van der Waals surface area contributed by atoms with Crippen molar-refractivity contribution in [3.05, 3.63) is 0 Å². The van der Waals surface area contributed by atoms with Crippen LogP contribution in [0.5, 0.6) is 0 Å². The van der Waals surface area contributed by atoms with Crippen LogP contribution in [0.25, 0.3) is 0 Å². The van der Waals surface area contributed by atoms with Crippen LogP contribution in [0.15, 0.2) is 0 Å². The molecule has 0 rings (SSSR count). The number of aliphatic hydroxyl groups is 1. The maximum Gasteiger partial charge on any atom is 1.00 e. The molecule has 0 saturated carbocycles. The maximum atomic E-state index is 10.1. The number of hydrogen-bond acceptors (Lipinski definition) is 10. The molecule has 146 valence electrons. The number of carbonyl (C=O) groups excluding carboxylic acids is 3. The molecule has 13 nitrogen and oxygen atoms in total. The fourth-order valence-electron chi connectivity index (χ4n) is 0.684. The van der Waals surface area contributed by atoms with Gasteiger partial charge in [-0.05, 0) is 0 Å². The van der Waals surface area contributed by atoms with E-state index < -0.39 is 54.3 Å². The van der Waals surface area contributed by atoms with Gasteiger partial charge in [0.25, 0.3) is 17.9 Å². The van der Waals surface area contributed by atoms with Crippen LogP contribution in [0.2, 0.25) is 0 Å². The van der Waals surface area contributed by atoms with E-state index in [4.69, 9.17) is 34.8 Å². The summed E-state index contributed by atoms with van der Waals surface area (Å²) in [6.45, 7) is 3.25. The van der Waals surface area contributed by atoms with Crippen LogP contribution >= 0.6 is 0 Å². The van der Waals surface area contributed by atoms with Gasteiger partial charge < -0.3 is 50.1 Å². The van der Waals surface area contributed by atoms with E-state index in [9.17, 15) is 29.7 Å². The van der Waals surface area contributed by atoms with Crippen molar-refractivity contribution in [3.63, 3.8) is 0 Å². The number of hydrogen-bond donors (Lipinski definition) is 4. The Kier molecular flexibility index (Phi) is 44.1. The summed E-state index contributed by atoms with van der Waals surface area (Å²) in [7, 11) is 0. The second-order valence-electron chi connectivity index (χ2n) is 3.97. The first-order valence-corrected chi connectivity index (χ1v) is 5.90. The number of carboxylic acid groups (broad SMARTS) is 6. The molecule has 0 aromatic heterocycles. The first-order chi connectivity index (χ1) is 11.0. The Morgan fingerprint density at radius 3 is 0.857 bits per heavy atom. The molecule has 0 unspecified atom stereocenters. The molecular formula is C12H17Na3O13. The first-order valence-electron chi connectivity index (χ1n) is 5.90. The van der Waals surface area contributed by atoms with Gasteiger partial charge in [0.15, 0.2) is 0 Å². The second kappa shape index (κ2) is 26.8. The van der Waals surface area contributed by atoms with Gasteiger partial charge in [-0.15, -0.1) is 0 Å². The molecule has 0 heterocycles. The summed E-state index contributed by atoms with van der Waals surface area (Å²) in [5.74, 6) is -8.48. The van der Waals surface area contributed by atoms with Gasteiger partial charge in [0, 0.05) is 45.6 Å². The van der Waals surface area contributed by atoms with Crippen molar-refractivity contribution in [2.45, 2.75) is 39.2 Å². The fourth-order valence-corrected chi connectivity index (χ4v) is 0.684. The van der Waals surface area contributed by atoms with Crippen molar-refractivity contribution >= 4 is 35.8 Å². The summed E-state index contributed by atoms with van der Waals surface area (Å²) in [5.41, 5.74) is -2.97. The summed E-state index contributed by atoms with van der Waals surface area (Å²) in [5, 5.41) is 61.2. The average Bonchev–Trinajstić information content (AvgIpc) is 2.22. The number of rotatable bonds is 5. The third-order valence-corrected chi connectivity index (χ3v) is 1.25. The van der Waals surface area contributed by atoms with E-state index in [1.807, 2.05) is 0 Å². The minimum Gasteiger partial charge on any atom is -0.550 e. The minimum atomic E-state index is -2.97. The normalized spacial score (nSPS) is 7.71. The van der Waals surface area contributed by atoms with Gasteiger partial charge >= 0.3 is 88.7 Å². The summed E-state index contributed by atoms with van der Waals surface area (Å²) in [6.07, 6.45) is -2.72. The molecule has 16 heteroatoms. The summed E-state index contributed by atoms with van der Waals surface area (Å²) >= 11 is 0. The van der Waals surface area contributed by atoms with Gasteiger partial charge in [0.1, 0.15) is 5.60 Å². The van der Waals surface area contributed by atoms with E-state index >= 15 is 0 Å². The fraction of sp³-hybridized carbons (Fsp3) is 0.500. The predicted molar refractivity (Wildman–Crippen MR) is 69.1 cm³/mol. The third-order valence-electron chi connectivity index (χ3n) is 1.25. The Hall–Kier alpha value is -0.220. The molecule has 0 radical (unpaired) electrons. The van der Waals surface area contributed by atoms with Crippen molar-refractivity contribution in [2.24, 2.45) is 0 Å². The van der Waals surface area contributed by atoms with Gasteiger partial charge in [0.2, 0.25) is 0 Å². The number of carboxylic acids is 6. The van der Waals surface area contributed by atoms with Crippen molar-refractivity contribution in [3.8, 4) is 0 Å². The van der Waals surface area contributed by atoms with Crippen LogP contribution in [0.3, 0.4) is 0 Å². The zero-order valence-electron chi connectivity index (χ0n) is 16.4. The van der Waals surface area contributed by atoms with E-state index in [1.54, 1.807) is 0 Å². The molecular weight excluding hydrogens is 421 g/mol. The smallest absolute Gasteiger partial charge is 0.550 e. The van der Waals surface area contributed by atoms with Gasteiger partial charge in [-0.2, -0.15) is 0 Å². The monoisotopic (exact) mass is 438 g/mol. The minimum absolute atomic E-state index is 0. The standard InChI is InChI=1S/C6H8O7.3C2H4O2.3Na/c7-3(8)1-6(13,5(11)12)2-4(9)10;3*1-2(3)4;;;/h13H,1-2H2,(H,7,8)(H,9,10)(H,11,12);3*1H3,(H,3,4);;;/q;;;;3*+1/p-3. The molecule has 0 amide bonds.